The van der Waals surface area contributed by atoms with Gasteiger partial charge in [0.15, 0.2) is 0 Å². The van der Waals surface area contributed by atoms with Gasteiger partial charge in [-0.3, -0.25) is 14.7 Å². The molecular formula is C10H14N4O2. The number of rotatable bonds is 2. The van der Waals surface area contributed by atoms with Crippen molar-refractivity contribution in [1.29, 1.82) is 0 Å². The van der Waals surface area contributed by atoms with Crippen LogP contribution in [-0.4, -0.2) is 46.0 Å². The minimum atomic E-state index is -0.365. The van der Waals surface area contributed by atoms with E-state index < -0.39 is 0 Å². The number of piperazine rings is 1. The number of amides is 2. The molecule has 2 heterocycles. The van der Waals surface area contributed by atoms with E-state index in [4.69, 9.17) is 0 Å². The van der Waals surface area contributed by atoms with Crippen molar-refractivity contribution in [2.24, 2.45) is 0 Å². The number of carbonyl (C=O) groups excluding carboxylic acids is 2. The minimum absolute atomic E-state index is 0.0782. The van der Waals surface area contributed by atoms with E-state index in [2.05, 4.69) is 15.5 Å². The molecule has 0 saturated carbocycles. The summed E-state index contributed by atoms with van der Waals surface area (Å²) in [5, 5.41) is 9.09. The quantitative estimate of drug-likeness (QED) is 0.725. The van der Waals surface area contributed by atoms with Gasteiger partial charge in [-0.25, -0.2) is 0 Å². The third kappa shape index (κ3) is 1.78. The van der Waals surface area contributed by atoms with Crippen molar-refractivity contribution in [1.82, 2.24) is 20.4 Å². The van der Waals surface area contributed by atoms with Crippen LogP contribution >= 0.6 is 0 Å². The van der Waals surface area contributed by atoms with E-state index in [9.17, 15) is 9.59 Å². The van der Waals surface area contributed by atoms with Crippen LogP contribution in [0, 0.1) is 0 Å². The smallest absolute Gasteiger partial charge is 0.257 e. The molecule has 1 aliphatic rings. The van der Waals surface area contributed by atoms with E-state index in [1.54, 1.807) is 11.1 Å². The van der Waals surface area contributed by atoms with Gasteiger partial charge in [0.05, 0.1) is 11.8 Å². The van der Waals surface area contributed by atoms with Crippen molar-refractivity contribution >= 4 is 11.8 Å². The summed E-state index contributed by atoms with van der Waals surface area (Å²) in [5.41, 5.74) is 0.494. The van der Waals surface area contributed by atoms with Crippen LogP contribution < -0.4 is 5.32 Å². The fourth-order valence-electron chi connectivity index (χ4n) is 1.90. The summed E-state index contributed by atoms with van der Waals surface area (Å²) in [7, 11) is 0. The Kier molecular flexibility index (Phi) is 2.89. The molecule has 1 fully saturated rings. The van der Waals surface area contributed by atoms with Crippen LogP contribution in [0.3, 0.4) is 0 Å². The van der Waals surface area contributed by atoms with Crippen LogP contribution in [0.2, 0.25) is 0 Å². The number of aromatic nitrogens is 2. The van der Waals surface area contributed by atoms with Crippen molar-refractivity contribution in [3.05, 3.63) is 18.0 Å². The first-order valence-electron chi connectivity index (χ1n) is 5.31. The second-order valence-corrected chi connectivity index (χ2v) is 3.70. The molecule has 1 unspecified atom stereocenters. The highest BCUT2D eigenvalue weighted by atomic mass is 16.2. The number of carbonyl (C=O) groups is 2. The summed E-state index contributed by atoms with van der Waals surface area (Å²) in [4.78, 5) is 25.2. The topological polar surface area (TPSA) is 78.1 Å². The summed E-state index contributed by atoms with van der Waals surface area (Å²) in [6.45, 7) is 2.96. The molecule has 2 N–H and O–H groups in total. The molecule has 1 aliphatic heterocycles. The fourth-order valence-corrected chi connectivity index (χ4v) is 1.90. The van der Waals surface area contributed by atoms with Gasteiger partial charge in [-0.15, -0.1) is 0 Å². The molecule has 1 aromatic heterocycles. The second-order valence-electron chi connectivity index (χ2n) is 3.70. The Morgan fingerprint density at radius 2 is 2.50 bits per heavy atom. The zero-order valence-corrected chi connectivity index (χ0v) is 9.06. The van der Waals surface area contributed by atoms with Crippen LogP contribution in [0.15, 0.2) is 12.4 Å². The van der Waals surface area contributed by atoms with Crippen LogP contribution in [0.25, 0.3) is 0 Å². The first-order valence-corrected chi connectivity index (χ1v) is 5.31. The maximum Gasteiger partial charge on any atom is 0.257 e. The Bertz CT molecular complexity index is 388. The van der Waals surface area contributed by atoms with Crippen LogP contribution in [0.1, 0.15) is 23.7 Å². The average molecular weight is 222 g/mol. The summed E-state index contributed by atoms with van der Waals surface area (Å²) >= 11 is 0. The largest absolute Gasteiger partial charge is 0.353 e. The van der Waals surface area contributed by atoms with Crippen molar-refractivity contribution in [3.8, 4) is 0 Å². The van der Waals surface area contributed by atoms with E-state index in [0.717, 1.165) is 0 Å². The highest BCUT2D eigenvalue weighted by Gasteiger charge is 2.32. The Balaban J connectivity index is 2.18. The lowest BCUT2D eigenvalue weighted by atomic mass is 10.1. The Morgan fingerprint density at radius 1 is 1.69 bits per heavy atom. The normalized spacial score (nSPS) is 20.7. The van der Waals surface area contributed by atoms with Crippen molar-refractivity contribution < 1.29 is 9.59 Å². The lowest BCUT2D eigenvalue weighted by Crippen LogP contribution is -2.56. The van der Waals surface area contributed by atoms with Gasteiger partial charge in [0.25, 0.3) is 5.91 Å². The van der Waals surface area contributed by atoms with Gasteiger partial charge >= 0.3 is 0 Å². The highest BCUT2D eigenvalue weighted by Crippen LogP contribution is 2.12. The molecule has 0 aromatic carbocycles. The molecule has 1 aromatic rings. The van der Waals surface area contributed by atoms with Crippen LogP contribution in [0.4, 0.5) is 0 Å². The Labute approximate surface area is 93.0 Å². The van der Waals surface area contributed by atoms with E-state index in [-0.39, 0.29) is 17.9 Å². The Hall–Kier alpha value is -1.85. The van der Waals surface area contributed by atoms with Gasteiger partial charge in [-0.2, -0.15) is 5.10 Å². The first-order chi connectivity index (χ1) is 7.74. The van der Waals surface area contributed by atoms with E-state index in [0.29, 0.717) is 25.1 Å². The van der Waals surface area contributed by atoms with Gasteiger partial charge in [0.1, 0.15) is 6.04 Å². The second kappa shape index (κ2) is 4.34. The molecule has 1 atom stereocenters. The van der Waals surface area contributed by atoms with Gasteiger partial charge in [0.2, 0.25) is 5.91 Å². The zero-order chi connectivity index (χ0) is 11.5. The number of H-pyrrole nitrogens is 1. The van der Waals surface area contributed by atoms with Crippen LogP contribution in [-0.2, 0) is 4.79 Å². The molecule has 2 rings (SSSR count). The molecule has 2 amide bonds. The summed E-state index contributed by atoms with van der Waals surface area (Å²) in [6, 6.07) is -0.365. The highest BCUT2D eigenvalue weighted by molar-refractivity contribution is 5.97. The maximum absolute atomic E-state index is 12.1. The molecular weight excluding hydrogens is 208 g/mol. The molecule has 0 radical (unpaired) electrons. The zero-order valence-electron chi connectivity index (χ0n) is 9.06. The maximum atomic E-state index is 12.1. The van der Waals surface area contributed by atoms with Crippen molar-refractivity contribution in [3.63, 3.8) is 0 Å². The minimum Gasteiger partial charge on any atom is -0.353 e. The molecule has 6 nitrogen and oxygen atoms in total. The first kappa shape index (κ1) is 10.7. The van der Waals surface area contributed by atoms with E-state index in [1.807, 2.05) is 6.92 Å². The SMILES string of the molecule is CCC1C(=O)NCCN1C(=O)c1cn[nH]c1. The molecule has 6 heteroatoms. The molecule has 0 bridgehead atoms. The summed E-state index contributed by atoms with van der Waals surface area (Å²) in [6.07, 6.45) is 3.64. The summed E-state index contributed by atoms with van der Waals surface area (Å²) in [5.74, 6) is -0.221. The lowest BCUT2D eigenvalue weighted by Gasteiger charge is -2.34. The van der Waals surface area contributed by atoms with Gasteiger partial charge in [-0.1, -0.05) is 6.92 Å². The third-order valence-electron chi connectivity index (χ3n) is 2.72. The van der Waals surface area contributed by atoms with Gasteiger partial charge < -0.3 is 10.2 Å². The third-order valence-corrected chi connectivity index (χ3v) is 2.72. The summed E-state index contributed by atoms with van der Waals surface area (Å²) < 4.78 is 0. The monoisotopic (exact) mass is 222 g/mol. The standard InChI is InChI=1S/C10H14N4O2/c1-2-8-9(15)11-3-4-14(8)10(16)7-5-12-13-6-7/h5-6,8H,2-4H2,1H3,(H,11,15)(H,12,13). The van der Waals surface area contributed by atoms with Crippen LogP contribution in [0.5, 0.6) is 0 Å². The number of hydrogen-bond acceptors (Lipinski definition) is 3. The fraction of sp³-hybridized carbons (Fsp3) is 0.500. The molecule has 0 spiro atoms. The van der Waals surface area contributed by atoms with Gasteiger partial charge in [0, 0.05) is 19.3 Å². The molecule has 16 heavy (non-hydrogen) atoms. The number of aromatic amines is 1. The molecule has 0 aliphatic carbocycles. The Morgan fingerprint density at radius 3 is 3.12 bits per heavy atom. The predicted octanol–water partition coefficient (Wildman–Crippen LogP) is -0.240. The van der Waals surface area contributed by atoms with E-state index >= 15 is 0 Å². The average Bonchev–Trinajstić information content (AvgIpc) is 2.81. The number of nitrogens with zero attached hydrogens (tertiary/aromatic N) is 2. The van der Waals surface area contributed by atoms with Crippen molar-refractivity contribution in [2.45, 2.75) is 19.4 Å². The van der Waals surface area contributed by atoms with E-state index in [1.165, 1.54) is 6.20 Å². The molecule has 1 saturated heterocycles. The van der Waals surface area contributed by atoms with Gasteiger partial charge in [-0.05, 0) is 6.42 Å². The van der Waals surface area contributed by atoms with Crippen molar-refractivity contribution in [2.75, 3.05) is 13.1 Å². The molecule has 86 valence electrons. The number of nitrogens with one attached hydrogen (secondary N) is 2. The predicted molar refractivity (Wildman–Crippen MR) is 56.7 cm³/mol. The lowest BCUT2D eigenvalue weighted by molar-refractivity contribution is -0.127. The number of hydrogen-bond donors (Lipinski definition) is 2.